The molecule has 1 aromatic carbocycles. The molecular formula is C17H12ClNO4S2. The van der Waals surface area contributed by atoms with Crippen LogP contribution in [0.2, 0.25) is 5.02 Å². The van der Waals surface area contributed by atoms with Crippen molar-refractivity contribution in [1.82, 2.24) is 4.90 Å². The predicted octanol–water partition coefficient (Wildman–Crippen LogP) is 4.27. The van der Waals surface area contributed by atoms with Crippen LogP contribution in [-0.2, 0) is 9.59 Å². The maximum absolute atomic E-state index is 12.4. The molecular weight excluding hydrogens is 382 g/mol. The first-order valence-corrected chi connectivity index (χ1v) is 8.83. The van der Waals surface area contributed by atoms with Gasteiger partial charge >= 0.3 is 5.97 Å². The van der Waals surface area contributed by atoms with Gasteiger partial charge in [-0.3, -0.25) is 9.69 Å². The van der Waals surface area contributed by atoms with E-state index in [-0.39, 0.29) is 4.32 Å². The number of nitrogens with zero attached hydrogens (tertiary/aromatic N) is 1. The van der Waals surface area contributed by atoms with Crippen molar-refractivity contribution in [3.05, 3.63) is 52.1 Å². The molecule has 1 fully saturated rings. The molecule has 1 amide bonds. The molecule has 2 aromatic rings. The van der Waals surface area contributed by atoms with Crippen LogP contribution in [0.5, 0.6) is 0 Å². The first kappa shape index (κ1) is 17.7. The first-order valence-electron chi connectivity index (χ1n) is 7.22. The van der Waals surface area contributed by atoms with Crippen LogP contribution in [0.1, 0.15) is 12.7 Å². The van der Waals surface area contributed by atoms with Gasteiger partial charge in [0.2, 0.25) is 0 Å². The average molecular weight is 394 g/mol. The Bertz CT molecular complexity index is 888. The number of thioether (sulfide) groups is 1. The minimum atomic E-state index is -1.11. The molecule has 2 heterocycles. The molecule has 1 aromatic heterocycles. The predicted molar refractivity (Wildman–Crippen MR) is 101 cm³/mol. The summed E-state index contributed by atoms with van der Waals surface area (Å²) in [5, 5.41) is 9.72. The second kappa shape index (κ2) is 7.03. The number of thiocarbonyl (C=S) groups is 1. The van der Waals surface area contributed by atoms with Crippen LogP contribution in [0.25, 0.3) is 17.4 Å². The van der Waals surface area contributed by atoms with Crippen LogP contribution in [0.4, 0.5) is 0 Å². The fourth-order valence-electron chi connectivity index (χ4n) is 2.25. The molecule has 0 aliphatic carbocycles. The van der Waals surface area contributed by atoms with E-state index in [1.165, 1.54) is 6.92 Å². The van der Waals surface area contributed by atoms with E-state index in [0.717, 1.165) is 22.2 Å². The van der Waals surface area contributed by atoms with Gasteiger partial charge in [0.15, 0.2) is 0 Å². The van der Waals surface area contributed by atoms with E-state index in [9.17, 15) is 9.59 Å². The molecule has 1 saturated heterocycles. The summed E-state index contributed by atoms with van der Waals surface area (Å²) in [6.45, 7) is 1.42. The number of rotatable bonds is 4. The number of hydrogen-bond donors (Lipinski definition) is 1. The smallest absolute Gasteiger partial charge is 0.326 e. The van der Waals surface area contributed by atoms with Crippen molar-refractivity contribution in [2.75, 3.05) is 0 Å². The maximum atomic E-state index is 12.4. The number of aliphatic carboxylic acids is 1. The van der Waals surface area contributed by atoms with Crippen LogP contribution in [0.3, 0.4) is 0 Å². The third-order valence-corrected chi connectivity index (χ3v) is 5.18. The van der Waals surface area contributed by atoms with E-state index < -0.39 is 17.9 Å². The number of carbonyl (C=O) groups is 2. The van der Waals surface area contributed by atoms with Gasteiger partial charge in [0.25, 0.3) is 5.91 Å². The van der Waals surface area contributed by atoms with Crippen LogP contribution >= 0.6 is 35.6 Å². The molecule has 25 heavy (non-hydrogen) atoms. The third-order valence-electron chi connectivity index (χ3n) is 3.60. The van der Waals surface area contributed by atoms with Crippen LogP contribution in [0, 0.1) is 0 Å². The quantitative estimate of drug-likeness (QED) is 0.617. The van der Waals surface area contributed by atoms with Gasteiger partial charge < -0.3 is 9.52 Å². The Labute approximate surface area is 158 Å². The van der Waals surface area contributed by atoms with Crippen molar-refractivity contribution in [3.63, 3.8) is 0 Å². The van der Waals surface area contributed by atoms with E-state index in [0.29, 0.717) is 21.4 Å². The topological polar surface area (TPSA) is 70.8 Å². The van der Waals surface area contributed by atoms with E-state index >= 15 is 0 Å². The van der Waals surface area contributed by atoms with Crippen molar-refractivity contribution in [2.24, 2.45) is 0 Å². The summed E-state index contributed by atoms with van der Waals surface area (Å²) in [7, 11) is 0. The highest BCUT2D eigenvalue weighted by Crippen LogP contribution is 2.35. The number of carbonyl (C=O) groups excluding carboxylic acids is 1. The Morgan fingerprint density at radius 1 is 1.32 bits per heavy atom. The molecule has 0 radical (unpaired) electrons. The maximum Gasteiger partial charge on any atom is 0.326 e. The molecule has 0 bridgehead atoms. The highest BCUT2D eigenvalue weighted by atomic mass is 35.5. The van der Waals surface area contributed by atoms with Crippen molar-refractivity contribution in [1.29, 1.82) is 0 Å². The molecule has 1 atom stereocenters. The summed E-state index contributed by atoms with van der Waals surface area (Å²) in [5.41, 5.74) is 0.857. The number of halogens is 1. The minimum absolute atomic E-state index is 0.218. The number of benzene rings is 1. The lowest BCUT2D eigenvalue weighted by Gasteiger charge is -2.18. The van der Waals surface area contributed by atoms with Gasteiger partial charge in [0.05, 0.1) is 4.91 Å². The minimum Gasteiger partial charge on any atom is -0.480 e. The molecule has 0 unspecified atom stereocenters. The Kier molecular flexibility index (Phi) is 4.99. The van der Waals surface area contributed by atoms with Gasteiger partial charge in [0.1, 0.15) is 21.9 Å². The number of carboxylic acid groups (broad SMARTS) is 1. The lowest BCUT2D eigenvalue weighted by molar-refractivity contribution is -0.144. The van der Waals surface area contributed by atoms with E-state index in [1.807, 2.05) is 12.1 Å². The molecule has 1 N–H and O–H groups in total. The molecule has 0 spiro atoms. The highest BCUT2D eigenvalue weighted by Gasteiger charge is 2.38. The zero-order valence-electron chi connectivity index (χ0n) is 12.9. The van der Waals surface area contributed by atoms with E-state index in [1.54, 1.807) is 30.3 Å². The summed E-state index contributed by atoms with van der Waals surface area (Å²) < 4.78 is 5.95. The summed E-state index contributed by atoms with van der Waals surface area (Å²) >= 11 is 12.0. The fourth-order valence-corrected chi connectivity index (χ4v) is 3.78. The molecule has 3 rings (SSSR count). The van der Waals surface area contributed by atoms with Crippen molar-refractivity contribution in [2.45, 2.75) is 13.0 Å². The van der Waals surface area contributed by atoms with Crippen molar-refractivity contribution in [3.8, 4) is 11.3 Å². The summed E-state index contributed by atoms with van der Waals surface area (Å²) in [4.78, 5) is 24.9. The summed E-state index contributed by atoms with van der Waals surface area (Å²) in [6, 6.07) is 9.69. The second-order valence-electron chi connectivity index (χ2n) is 5.27. The Morgan fingerprint density at radius 3 is 2.64 bits per heavy atom. The molecule has 1 aliphatic heterocycles. The fraction of sp³-hybridized carbons (Fsp3) is 0.118. The van der Waals surface area contributed by atoms with Gasteiger partial charge in [-0.25, -0.2) is 4.79 Å². The largest absolute Gasteiger partial charge is 0.480 e. The van der Waals surface area contributed by atoms with E-state index in [4.69, 9.17) is 33.3 Å². The standard InChI is InChI=1S/C17H12ClNO4S2/c1-9(16(21)22)19-15(20)14(25-17(19)24)8-12-6-7-13(23-12)10-2-4-11(18)5-3-10/h2-9H,1H3,(H,21,22)/b14-8-/t9-/m1/s1. The van der Waals surface area contributed by atoms with E-state index in [2.05, 4.69) is 0 Å². The molecule has 0 saturated carbocycles. The Balaban J connectivity index is 1.84. The Hall–Kier alpha value is -2.09. The molecule has 1 aliphatic rings. The number of amides is 1. The van der Waals surface area contributed by atoms with Gasteiger partial charge in [-0.1, -0.05) is 35.6 Å². The monoisotopic (exact) mass is 393 g/mol. The van der Waals surface area contributed by atoms with Gasteiger partial charge in [-0.2, -0.15) is 0 Å². The second-order valence-corrected chi connectivity index (χ2v) is 7.39. The lowest BCUT2D eigenvalue weighted by Crippen LogP contribution is -2.41. The van der Waals surface area contributed by atoms with Gasteiger partial charge in [-0.15, -0.1) is 0 Å². The summed E-state index contributed by atoms with van der Waals surface area (Å²) in [5.74, 6) is -0.430. The van der Waals surface area contributed by atoms with Gasteiger partial charge in [-0.05, 0) is 43.3 Å². The number of furan rings is 1. The highest BCUT2D eigenvalue weighted by molar-refractivity contribution is 8.26. The Morgan fingerprint density at radius 2 is 2.00 bits per heavy atom. The van der Waals surface area contributed by atoms with Gasteiger partial charge in [0, 0.05) is 16.7 Å². The summed E-state index contributed by atoms with van der Waals surface area (Å²) in [6.07, 6.45) is 1.56. The average Bonchev–Trinajstić information content (AvgIpc) is 3.13. The molecule has 5 nitrogen and oxygen atoms in total. The first-order chi connectivity index (χ1) is 11.9. The number of hydrogen-bond acceptors (Lipinski definition) is 5. The SMILES string of the molecule is C[C@H](C(=O)O)N1C(=O)/C(=C/c2ccc(-c3ccc(Cl)cc3)o2)SC1=S. The lowest BCUT2D eigenvalue weighted by atomic mass is 10.2. The number of carboxylic acids is 1. The molecule has 128 valence electrons. The van der Waals surface area contributed by atoms with Crippen LogP contribution < -0.4 is 0 Å². The zero-order valence-corrected chi connectivity index (χ0v) is 15.3. The molecule has 8 heteroatoms. The van der Waals surface area contributed by atoms with Crippen molar-refractivity contribution < 1.29 is 19.1 Å². The zero-order chi connectivity index (χ0) is 18.1. The van der Waals surface area contributed by atoms with Crippen LogP contribution in [-0.4, -0.2) is 32.2 Å². The normalized spacial score (nSPS) is 17.4. The van der Waals surface area contributed by atoms with Crippen molar-refractivity contribution >= 4 is 57.9 Å². The van der Waals surface area contributed by atoms with Crippen LogP contribution in [0.15, 0.2) is 45.7 Å². The third kappa shape index (κ3) is 3.63.